The van der Waals surface area contributed by atoms with E-state index in [1.165, 1.54) is 0 Å². The first-order chi connectivity index (χ1) is 7.00. The van der Waals surface area contributed by atoms with Crippen LogP contribution >= 0.6 is 0 Å². The summed E-state index contributed by atoms with van der Waals surface area (Å²) in [6, 6.07) is 2.75. The molecule has 0 atom stereocenters. The van der Waals surface area contributed by atoms with Gasteiger partial charge in [0.15, 0.2) is 0 Å². The Hall–Kier alpha value is -1.71. The third-order valence-electron chi connectivity index (χ3n) is 1.72. The lowest BCUT2D eigenvalue weighted by Crippen LogP contribution is -2.25. The third-order valence-corrected chi connectivity index (χ3v) is 1.72. The normalized spacial score (nSPS) is 9.80. The molecular weight excluding hydrogens is 200 g/mol. The van der Waals surface area contributed by atoms with Gasteiger partial charge in [-0.05, 0) is 25.1 Å². The van der Waals surface area contributed by atoms with E-state index in [0.717, 1.165) is 23.8 Å². The molecule has 0 saturated carbocycles. The minimum absolute atomic E-state index is 0.245. The number of carbonyl (C=O) groups is 1. The first-order valence-electron chi connectivity index (χ1n) is 4.38. The molecule has 4 heteroatoms. The second kappa shape index (κ2) is 4.68. The molecule has 0 heterocycles. The van der Waals surface area contributed by atoms with E-state index in [4.69, 9.17) is 0 Å². The monoisotopic (exact) mass is 211 g/mol. The summed E-state index contributed by atoms with van der Waals surface area (Å²) < 4.78 is 25.8. The fourth-order valence-corrected chi connectivity index (χ4v) is 0.998. The number of benzene rings is 1. The third kappa shape index (κ3) is 3.16. The summed E-state index contributed by atoms with van der Waals surface area (Å²) in [6.07, 6.45) is 0. The van der Waals surface area contributed by atoms with Crippen molar-refractivity contribution in [3.05, 3.63) is 47.5 Å². The zero-order valence-electron chi connectivity index (χ0n) is 8.31. The van der Waals surface area contributed by atoms with Crippen LogP contribution in [0, 0.1) is 11.6 Å². The van der Waals surface area contributed by atoms with Gasteiger partial charge in [-0.3, -0.25) is 4.79 Å². The SMILES string of the molecule is C=C(C)CNC(=O)c1cc(F)ccc1F. The summed E-state index contributed by atoms with van der Waals surface area (Å²) in [4.78, 5) is 11.4. The van der Waals surface area contributed by atoms with Gasteiger partial charge in [-0.25, -0.2) is 8.78 Å². The smallest absolute Gasteiger partial charge is 0.254 e. The molecule has 0 fully saturated rings. The number of carbonyl (C=O) groups excluding carboxylic acids is 1. The Morgan fingerprint density at radius 3 is 2.73 bits per heavy atom. The van der Waals surface area contributed by atoms with Gasteiger partial charge in [0.05, 0.1) is 5.56 Å². The van der Waals surface area contributed by atoms with Gasteiger partial charge in [0.2, 0.25) is 0 Å². The van der Waals surface area contributed by atoms with E-state index in [1.807, 2.05) is 0 Å². The first kappa shape index (κ1) is 11.4. The summed E-state index contributed by atoms with van der Waals surface area (Å²) in [7, 11) is 0. The van der Waals surface area contributed by atoms with Crippen molar-refractivity contribution in [2.45, 2.75) is 6.92 Å². The fraction of sp³-hybridized carbons (Fsp3) is 0.182. The minimum atomic E-state index is -0.740. The molecule has 0 aliphatic rings. The van der Waals surface area contributed by atoms with Crippen molar-refractivity contribution in [3.63, 3.8) is 0 Å². The Labute approximate surface area is 86.6 Å². The summed E-state index contributed by atoms with van der Waals surface area (Å²) in [5.74, 6) is -2.03. The number of hydrogen-bond donors (Lipinski definition) is 1. The van der Waals surface area contributed by atoms with Gasteiger partial charge < -0.3 is 5.32 Å². The zero-order valence-corrected chi connectivity index (χ0v) is 8.31. The van der Waals surface area contributed by atoms with E-state index < -0.39 is 17.5 Å². The first-order valence-corrected chi connectivity index (χ1v) is 4.38. The van der Waals surface area contributed by atoms with Gasteiger partial charge in [0, 0.05) is 6.54 Å². The van der Waals surface area contributed by atoms with Crippen molar-refractivity contribution in [2.75, 3.05) is 6.54 Å². The van der Waals surface area contributed by atoms with E-state index in [0.29, 0.717) is 0 Å². The number of hydrogen-bond acceptors (Lipinski definition) is 1. The summed E-state index contributed by atoms with van der Waals surface area (Å²) in [5, 5.41) is 2.42. The highest BCUT2D eigenvalue weighted by molar-refractivity contribution is 5.94. The van der Waals surface area contributed by atoms with Gasteiger partial charge in [-0.15, -0.1) is 0 Å². The minimum Gasteiger partial charge on any atom is -0.348 e. The molecule has 1 N–H and O–H groups in total. The van der Waals surface area contributed by atoms with Crippen LogP contribution in [0.1, 0.15) is 17.3 Å². The van der Waals surface area contributed by atoms with Crippen LogP contribution in [0.5, 0.6) is 0 Å². The van der Waals surface area contributed by atoms with Crippen molar-refractivity contribution >= 4 is 5.91 Å². The molecule has 2 nitrogen and oxygen atoms in total. The van der Waals surface area contributed by atoms with Crippen LogP contribution in [0.4, 0.5) is 8.78 Å². The largest absolute Gasteiger partial charge is 0.348 e. The highest BCUT2D eigenvalue weighted by Crippen LogP contribution is 2.09. The molecule has 0 unspecified atom stereocenters. The van der Waals surface area contributed by atoms with E-state index >= 15 is 0 Å². The molecule has 0 aliphatic heterocycles. The second-order valence-electron chi connectivity index (χ2n) is 3.26. The van der Waals surface area contributed by atoms with Crippen LogP contribution in [0.2, 0.25) is 0 Å². The lowest BCUT2D eigenvalue weighted by atomic mass is 10.2. The van der Waals surface area contributed by atoms with Crippen molar-refractivity contribution in [3.8, 4) is 0 Å². The van der Waals surface area contributed by atoms with Crippen LogP contribution in [0.15, 0.2) is 30.4 Å². The van der Waals surface area contributed by atoms with Gasteiger partial charge >= 0.3 is 0 Å². The van der Waals surface area contributed by atoms with Crippen molar-refractivity contribution in [1.82, 2.24) is 5.32 Å². The van der Waals surface area contributed by atoms with Crippen molar-refractivity contribution in [1.29, 1.82) is 0 Å². The van der Waals surface area contributed by atoms with E-state index in [2.05, 4.69) is 11.9 Å². The molecule has 0 aliphatic carbocycles. The van der Waals surface area contributed by atoms with Crippen LogP contribution in [-0.4, -0.2) is 12.5 Å². The highest BCUT2D eigenvalue weighted by atomic mass is 19.1. The molecule has 0 aromatic heterocycles. The molecule has 1 rings (SSSR count). The Morgan fingerprint density at radius 1 is 1.47 bits per heavy atom. The second-order valence-corrected chi connectivity index (χ2v) is 3.26. The predicted molar refractivity (Wildman–Crippen MR) is 53.5 cm³/mol. The molecule has 15 heavy (non-hydrogen) atoms. The van der Waals surface area contributed by atoms with Crippen LogP contribution in [0.25, 0.3) is 0 Å². The Kier molecular flexibility index (Phi) is 3.55. The Bertz CT molecular complexity index is 402. The molecule has 1 aromatic rings. The van der Waals surface area contributed by atoms with E-state index in [9.17, 15) is 13.6 Å². The standard InChI is InChI=1S/C11H11F2NO/c1-7(2)6-14-11(15)9-5-8(12)3-4-10(9)13/h3-5H,1,6H2,2H3,(H,14,15). The average molecular weight is 211 g/mol. The van der Waals surface area contributed by atoms with Crippen LogP contribution in [0.3, 0.4) is 0 Å². The molecule has 0 radical (unpaired) electrons. The lowest BCUT2D eigenvalue weighted by Gasteiger charge is -2.05. The highest BCUT2D eigenvalue weighted by Gasteiger charge is 2.11. The lowest BCUT2D eigenvalue weighted by molar-refractivity contribution is 0.0952. The summed E-state index contributed by atoms with van der Waals surface area (Å²) in [6.45, 7) is 5.55. The van der Waals surface area contributed by atoms with Gasteiger partial charge in [-0.2, -0.15) is 0 Å². The number of amides is 1. The van der Waals surface area contributed by atoms with Gasteiger partial charge in [0.25, 0.3) is 5.91 Å². The zero-order chi connectivity index (χ0) is 11.4. The molecule has 0 spiro atoms. The fourth-order valence-electron chi connectivity index (χ4n) is 0.998. The van der Waals surface area contributed by atoms with E-state index in [1.54, 1.807) is 6.92 Å². The van der Waals surface area contributed by atoms with Crippen molar-refractivity contribution in [2.24, 2.45) is 0 Å². The van der Waals surface area contributed by atoms with Crippen LogP contribution in [-0.2, 0) is 0 Å². The predicted octanol–water partition coefficient (Wildman–Crippen LogP) is 2.27. The van der Waals surface area contributed by atoms with E-state index in [-0.39, 0.29) is 12.1 Å². The quantitative estimate of drug-likeness (QED) is 0.763. The molecule has 0 saturated heterocycles. The average Bonchev–Trinajstić information content (AvgIpc) is 2.18. The molecule has 0 bridgehead atoms. The summed E-state index contributed by atoms with van der Waals surface area (Å²) in [5.41, 5.74) is 0.441. The molecule has 1 aromatic carbocycles. The molecule has 80 valence electrons. The molecular formula is C11H11F2NO. The number of nitrogens with one attached hydrogen (secondary N) is 1. The summed E-state index contributed by atoms with van der Waals surface area (Å²) >= 11 is 0. The van der Waals surface area contributed by atoms with Gasteiger partial charge in [0.1, 0.15) is 11.6 Å². The maximum Gasteiger partial charge on any atom is 0.254 e. The maximum atomic E-state index is 13.1. The number of rotatable bonds is 3. The number of halogens is 2. The maximum absolute atomic E-state index is 13.1. The van der Waals surface area contributed by atoms with Gasteiger partial charge in [-0.1, -0.05) is 12.2 Å². The Balaban J connectivity index is 2.81. The van der Waals surface area contributed by atoms with Crippen LogP contribution < -0.4 is 5.32 Å². The Morgan fingerprint density at radius 2 is 2.13 bits per heavy atom. The molecule has 1 amide bonds. The topological polar surface area (TPSA) is 29.1 Å². The van der Waals surface area contributed by atoms with Crippen molar-refractivity contribution < 1.29 is 13.6 Å².